The number of ketones is 1. The Morgan fingerprint density at radius 1 is 1.25 bits per heavy atom. The number of rotatable bonds is 8. The molecule has 0 unspecified atom stereocenters. The molecule has 1 aliphatic carbocycles. The van der Waals surface area contributed by atoms with Crippen LogP contribution in [-0.4, -0.2) is 36.9 Å². The molecule has 0 heterocycles. The highest BCUT2D eigenvalue weighted by Crippen LogP contribution is 2.32. The van der Waals surface area contributed by atoms with Gasteiger partial charge in [0.25, 0.3) is 0 Å². The number of carbonyl (C=O) groups is 3. The van der Waals surface area contributed by atoms with Crippen molar-refractivity contribution < 1.29 is 19.5 Å². The van der Waals surface area contributed by atoms with Crippen molar-refractivity contribution in [1.82, 2.24) is 0 Å². The Bertz CT molecular complexity index is 594. The van der Waals surface area contributed by atoms with Gasteiger partial charge in [-0.25, -0.2) is 0 Å². The fraction of sp³-hybridized carbons (Fsp3) is 0.500. The van der Waals surface area contributed by atoms with Crippen molar-refractivity contribution in [3.05, 3.63) is 24.3 Å². The fourth-order valence-electron chi connectivity index (χ4n) is 3.44. The Morgan fingerprint density at radius 2 is 1.92 bits per heavy atom. The number of aliphatic carboxylic acids is 1. The van der Waals surface area contributed by atoms with Gasteiger partial charge in [0, 0.05) is 19.5 Å². The summed E-state index contributed by atoms with van der Waals surface area (Å²) in [5.41, 5.74) is 1.74. The molecule has 2 N–H and O–H groups in total. The minimum atomic E-state index is -1.04. The second-order valence-electron chi connectivity index (χ2n) is 6.41. The summed E-state index contributed by atoms with van der Waals surface area (Å²) in [6, 6.07) is 7.64. The molecule has 1 aromatic carbocycles. The van der Waals surface area contributed by atoms with Crippen molar-refractivity contribution in [2.75, 3.05) is 23.8 Å². The number of anilines is 2. The van der Waals surface area contributed by atoms with E-state index in [0.717, 1.165) is 43.6 Å². The molecule has 0 aromatic heterocycles. The van der Waals surface area contributed by atoms with Gasteiger partial charge in [0.1, 0.15) is 12.2 Å². The second kappa shape index (κ2) is 8.47. The first-order valence-corrected chi connectivity index (χ1v) is 8.26. The minimum absolute atomic E-state index is 0.105. The van der Waals surface area contributed by atoms with Crippen LogP contribution in [0.15, 0.2) is 24.3 Å². The molecule has 1 fully saturated rings. The third-order valence-electron chi connectivity index (χ3n) is 4.69. The average Bonchev–Trinajstić information content (AvgIpc) is 2.55. The van der Waals surface area contributed by atoms with E-state index in [1.807, 2.05) is 31.3 Å². The van der Waals surface area contributed by atoms with E-state index in [0.29, 0.717) is 12.3 Å². The molecule has 0 aliphatic heterocycles. The molecule has 2 rings (SSSR count). The van der Waals surface area contributed by atoms with Gasteiger partial charge in [-0.2, -0.15) is 0 Å². The van der Waals surface area contributed by atoms with Gasteiger partial charge in [-0.05, 0) is 43.7 Å². The second-order valence-corrected chi connectivity index (χ2v) is 6.41. The van der Waals surface area contributed by atoms with Gasteiger partial charge in [-0.1, -0.05) is 12.1 Å². The lowest BCUT2D eigenvalue weighted by atomic mass is 9.79. The van der Waals surface area contributed by atoms with Crippen LogP contribution in [0.25, 0.3) is 0 Å². The summed E-state index contributed by atoms with van der Waals surface area (Å²) in [5.74, 6) is -0.823. The molecule has 1 amide bonds. The summed E-state index contributed by atoms with van der Waals surface area (Å²) >= 11 is 0. The average molecular weight is 332 g/mol. The van der Waals surface area contributed by atoms with E-state index in [2.05, 4.69) is 10.2 Å². The van der Waals surface area contributed by atoms with Crippen molar-refractivity contribution in [3.8, 4) is 0 Å². The highest BCUT2D eigenvalue weighted by atomic mass is 16.4. The van der Waals surface area contributed by atoms with E-state index in [9.17, 15) is 14.4 Å². The predicted molar refractivity (Wildman–Crippen MR) is 92.1 cm³/mol. The lowest BCUT2D eigenvalue weighted by Gasteiger charge is -2.32. The molecular weight excluding hydrogens is 308 g/mol. The van der Waals surface area contributed by atoms with Gasteiger partial charge in [-0.15, -0.1) is 0 Å². The lowest BCUT2D eigenvalue weighted by Crippen LogP contribution is -2.31. The van der Waals surface area contributed by atoms with Gasteiger partial charge >= 0.3 is 5.97 Å². The van der Waals surface area contributed by atoms with Crippen LogP contribution in [0, 0.1) is 11.8 Å². The Kier molecular flexibility index (Phi) is 6.35. The van der Waals surface area contributed by atoms with Crippen LogP contribution >= 0.6 is 0 Å². The van der Waals surface area contributed by atoms with Crippen molar-refractivity contribution in [3.63, 3.8) is 0 Å². The van der Waals surface area contributed by atoms with Crippen LogP contribution in [0.1, 0.15) is 32.1 Å². The number of hydrogen-bond donors (Lipinski definition) is 2. The SMILES string of the molecule is CN(CC1CCC(C(=O)CC(=O)O)CC1)c1ccccc1NC=O. The highest BCUT2D eigenvalue weighted by molar-refractivity contribution is 5.96. The number of nitrogens with zero attached hydrogens (tertiary/aromatic N) is 1. The van der Waals surface area contributed by atoms with E-state index >= 15 is 0 Å². The van der Waals surface area contributed by atoms with Gasteiger partial charge in [0.05, 0.1) is 11.4 Å². The maximum absolute atomic E-state index is 11.8. The molecule has 0 bridgehead atoms. The van der Waals surface area contributed by atoms with E-state index < -0.39 is 5.97 Å². The molecule has 130 valence electrons. The smallest absolute Gasteiger partial charge is 0.310 e. The molecule has 6 nitrogen and oxygen atoms in total. The topological polar surface area (TPSA) is 86.7 Å². The van der Waals surface area contributed by atoms with Crippen molar-refractivity contribution in [2.45, 2.75) is 32.1 Å². The van der Waals surface area contributed by atoms with Crippen LogP contribution in [0.2, 0.25) is 0 Å². The third kappa shape index (κ3) is 4.81. The van der Waals surface area contributed by atoms with E-state index in [4.69, 9.17) is 5.11 Å². The first kappa shape index (κ1) is 18.0. The van der Waals surface area contributed by atoms with E-state index in [1.165, 1.54) is 0 Å². The largest absolute Gasteiger partial charge is 0.481 e. The number of nitrogens with one attached hydrogen (secondary N) is 1. The number of benzene rings is 1. The molecule has 0 saturated heterocycles. The quantitative estimate of drug-likeness (QED) is 0.564. The number of carbonyl (C=O) groups excluding carboxylic acids is 2. The molecule has 1 aliphatic rings. The van der Waals surface area contributed by atoms with Crippen LogP contribution in [0.5, 0.6) is 0 Å². The summed E-state index contributed by atoms with van der Waals surface area (Å²) in [5, 5.41) is 11.4. The van der Waals surface area contributed by atoms with Crippen LogP contribution < -0.4 is 10.2 Å². The Balaban J connectivity index is 1.88. The monoisotopic (exact) mass is 332 g/mol. The number of carboxylic acid groups (broad SMARTS) is 1. The van der Waals surface area contributed by atoms with Crippen LogP contribution in [0.3, 0.4) is 0 Å². The molecule has 6 heteroatoms. The molecule has 0 spiro atoms. The Morgan fingerprint density at radius 3 is 2.54 bits per heavy atom. The number of amides is 1. The number of carboxylic acids is 1. The minimum Gasteiger partial charge on any atom is -0.481 e. The summed E-state index contributed by atoms with van der Waals surface area (Å²) in [6.45, 7) is 0.845. The summed E-state index contributed by atoms with van der Waals surface area (Å²) in [7, 11) is 1.99. The Hall–Kier alpha value is -2.37. The van der Waals surface area contributed by atoms with Gasteiger partial charge in [-0.3, -0.25) is 14.4 Å². The zero-order valence-corrected chi connectivity index (χ0v) is 13.9. The van der Waals surface area contributed by atoms with Gasteiger partial charge in [0.15, 0.2) is 0 Å². The molecule has 0 atom stereocenters. The zero-order valence-electron chi connectivity index (χ0n) is 13.9. The fourth-order valence-corrected chi connectivity index (χ4v) is 3.44. The first-order chi connectivity index (χ1) is 11.5. The molecule has 1 aromatic rings. The summed E-state index contributed by atoms with van der Waals surface area (Å²) < 4.78 is 0. The highest BCUT2D eigenvalue weighted by Gasteiger charge is 2.28. The van der Waals surface area contributed by atoms with Crippen LogP contribution in [-0.2, 0) is 14.4 Å². The number of Topliss-reactive ketones (excluding diaryl/α,β-unsaturated/α-hetero) is 1. The van der Waals surface area contributed by atoms with Crippen molar-refractivity contribution in [2.24, 2.45) is 11.8 Å². The maximum Gasteiger partial charge on any atom is 0.310 e. The van der Waals surface area contributed by atoms with Crippen molar-refractivity contribution in [1.29, 1.82) is 0 Å². The predicted octanol–water partition coefficient (Wildman–Crippen LogP) is 2.54. The van der Waals surface area contributed by atoms with Crippen LogP contribution in [0.4, 0.5) is 11.4 Å². The summed E-state index contributed by atoms with van der Waals surface area (Å²) in [6.07, 6.45) is 3.68. The molecular formula is C18H24N2O4. The zero-order chi connectivity index (χ0) is 17.5. The van der Waals surface area contributed by atoms with Gasteiger partial charge < -0.3 is 15.3 Å². The maximum atomic E-state index is 11.8. The van der Waals surface area contributed by atoms with Crippen molar-refractivity contribution >= 4 is 29.5 Å². The molecule has 0 radical (unpaired) electrons. The standard InChI is InChI=1S/C18H24N2O4/c1-20(16-5-3-2-4-15(16)19-12-21)11-13-6-8-14(9-7-13)17(22)10-18(23)24/h2-5,12-14H,6-11H2,1H3,(H,19,21)(H,23,24). The molecule has 1 saturated carbocycles. The summed E-state index contributed by atoms with van der Waals surface area (Å²) in [4.78, 5) is 35.3. The van der Waals surface area contributed by atoms with E-state index in [1.54, 1.807) is 0 Å². The third-order valence-corrected chi connectivity index (χ3v) is 4.69. The molecule has 24 heavy (non-hydrogen) atoms. The number of hydrogen-bond acceptors (Lipinski definition) is 4. The van der Waals surface area contributed by atoms with Gasteiger partial charge in [0.2, 0.25) is 6.41 Å². The first-order valence-electron chi connectivity index (χ1n) is 8.26. The Labute approximate surface area is 141 Å². The van der Waals surface area contributed by atoms with E-state index in [-0.39, 0.29) is 18.1 Å². The normalized spacial score (nSPS) is 20.2. The number of para-hydroxylation sites is 2. The lowest BCUT2D eigenvalue weighted by molar-refractivity contribution is -0.141.